The summed E-state index contributed by atoms with van der Waals surface area (Å²) in [7, 11) is 3.15. The van der Waals surface area contributed by atoms with Crippen molar-refractivity contribution in [1.29, 1.82) is 0 Å². The molecule has 0 saturated heterocycles. The van der Waals surface area contributed by atoms with Crippen molar-refractivity contribution in [2.24, 2.45) is 5.92 Å². The van der Waals surface area contributed by atoms with Crippen LogP contribution >= 0.6 is 0 Å². The Hall–Kier alpha value is -4.73. The van der Waals surface area contributed by atoms with E-state index < -0.39 is 5.69 Å². The minimum Gasteiger partial charge on any atom is -0.506 e. The highest BCUT2D eigenvalue weighted by Crippen LogP contribution is 2.34. The molecule has 0 spiro atoms. The zero-order valence-electron chi connectivity index (χ0n) is 24.8. The number of ether oxygens (including phenoxy) is 1. The normalized spacial score (nSPS) is 14.3. The summed E-state index contributed by atoms with van der Waals surface area (Å²) in [5.74, 6) is 1.77. The van der Waals surface area contributed by atoms with Crippen molar-refractivity contribution in [3.8, 4) is 17.2 Å². The number of hydrogen-bond acceptors (Lipinski definition) is 8. The van der Waals surface area contributed by atoms with E-state index in [1.54, 1.807) is 25.4 Å². The first-order valence-corrected chi connectivity index (χ1v) is 14.8. The molecular formula is C33H38N6O4. The van der Waals surface area contributed by atoms with Crippen LogP contribution in [0.4, 0.5) is 11.5 Å². The largest absolute Gasteiger partial charge is 0.506 e. The molecule has 5 rings (SSSR count). The van der Waals surface area contributed by atoms with E-state index in [0.717, 1.165) is 24.1 Å². The fraction of sp³-hybridized carbons (Fsp3) is 0.364. The van der Waals surface area contributed by atoms with Crippen molar-refractivity contribution >= 4 is 28.4 Å². The summed E-state index contributed by atoms with van der Waals surface area (Å²) in [6, 6.07) is 12.7. The Balaban J connectivity index is 1.28. The summed E-state index contributed by atoms with van der Waals surface area (Å²) in [4.78, 5) is 39.1. The van der Waals surface area contributed by atoms with Gasteiger partial charge in [0.1, 0.15) is 28.8 Å². The number of nitrogens with zero attached hydrogens (tertiary/aromatic N) is 4. The third-order valence-corrected chi connectivity index (χ3v) is 7.95. The monoisotopic (exact) mass is 582 g/mol. The molecule has 0 aliphatic heterocycles. The molecule has 1 amide bonds. The average Bonchev–Trinajstić information content (AvgIpc) is 3.53. The number of phenols is 1. The second kappa shape index (κ2) is 13.5. The molecule has 2 aromatic carbocycles. The molecular weight excluding hydrogens is 544 g/mol. The molecule has 2 heterocycles. The van der Waals surface area contributed by atoms with Gasteiger partial charge in [0.25, 0.3) is 0 Å². The lowest BCUT2D eigenvalue weighted by atomic mass is 10.00. The number of phenolic OH excluding ortho intramolecular Hbond substituents is 1. The summed E-state index contributed by atoms with van der Waals surface area (Å²) in [6.07, 6.45) is 12.8. The smallest absolute Gasteiger partial charge is 0.356 e. The van der Waals surface area contributed by atoms with Crippen molar-refractivity contribution in [3.63, 3.8) is 0 Å². The maximum atomic E-state index is 13.2. The molecule has 10 nitrogen and oxygen atoms in total. The van der Waals surface area contributed by atoms with Crippen LogP contribution in [0, 0.1) is 5.92 Å². The van der Waals surface area contributed by atoms with Crippen LogP contribution in [-0.4, -0.2) is 44.7 Å². The second-order valence-electron chi connectivity index (χ2n) is 11.0. The Morgan fingerprint density at radius 3 is 2.74 bits per heavy atom. The van der Waals surface area contributed by atoms with Crippen molar-refractivity contribution in [2.75, 3.05) is 24.8 Å². The van der Waals surface area contributed by atoms with Crippen LogP contribution in [0.5, 0.6) is 11.5 Å². The number of aromatic hydroxyl groups is 1. The molecule has 1 atom stereocenters. The first-order chi connectivity index (χ1) is 20.9. The van der Waals surface area contributed by atoms with E-state index in [1.165, 1.54) is 43.4 Å². The van der Waals surface area contributed by atoms with Crippen LogP contribution in [-0.2, 0) is 11.2 Å². The van der Waals surface area contributed by atoms with Gasteiger partial charge in [0, 0.05) is 31.3 Å². The number of amides is 1. The number of aromatic nitrogens is 4. The number of anilines is 2. The summed E-state index contributed by atoms with van der Waals surface area (Å²) in [5.41, 5.74) is 1.73. The first kappa shape index (κ1) is 29.8. The predicted octanol–water partition coefficient (Wildman–Crippen LogP) is 5.74. The van der Waals surface area contributed by atoms with Crippen molar-refractivity contribution in [2.45, 2.75) is 57.8 Å². The number of benzene rings is 2. The van der Waals surface area contributed by atoms with Gasteiger partial charge in [-0.05, 0) is 61.4 Å². The Kier molecular flexibility index (Phi) is 9.34. The number of carbonyl (C=O) groups is 1. The maximum absolute atomic E-state index is 13.2. The Bertz CT molecular complexity index is 1690. The summed E-state index contributed by atoms with van der Waals surface area (Å²) < 4.78 is 6.65. The SMILES string of the molecule is CNc1c2cnc(C(C)CCc3cccc(NC(=O)CC=CC4CCCC4)c3)nc2nc(=O)n1-c1c(O)cccc1OC. The van der Waals surface area contributed by atoms with Gasteiger partial charge in [-0.25, -0.2) is 19.3 Å². The molecule has 2 aromatic heterocycles. The Morgan fingerprint density at radius 2 is 1.98 bits per heavy atom. The number of nitrogens with one attached hydrogen (secondary N) is 2. The first-order valence-electron chi connectivity index (χ1n) is 14.8. The number of carbonyl (C=O) groups excluding carboxylic acids is 1. The fourth-order valence-electron chi connectivity index (χ4n) is 5.63. The minimum atomic E-state index is -0.609. The molecule has 0 radical (unpaired) electrons. The van der Waals surface area contributed by atoms with Crippen molar-refractivity contribution in [1.82, 2.24) is 19.5 Å². The van der Waals surface area contributed by atoms with Gasteiger partial charge in [0.2, 0.25) is 5.91 Å². The van der Waals surface area contributed by atoms with Gasteiger partial charge in [-0.3, -0.25) is 4.79 Å². The van der Waals surface area contributed by atoms with Gasteiger partial charge in [-0.15, -0.1) is 0 Å². The van der Waals surface area contributed by atoms with Gasteiger partial charge in [-0.2, -0.15) is 4.98 Å². The van der Waals surface area contributed by atoms with E-state index in [9.17, 15) is 14.7 Å². The van der Waals surface area contributed by atoms with Crippen LogP contribution < -0.4 is 21.1 Å². The standard InChI is InChI=1S/C33H38N6O4/c1-21(17-18-23-12-6-13-24(19-23)36-28(41)16-7-11-22-9-4-5-10-22)30-35-20-25-31(37-30)38-33(42)39(32(25)34-2)29-26(40)14-8-15-27(29)43-3/h6-8,11-15,19-22,34,40H,4-5,9-10,16-18H2,1-3H3,(H,36,41). The molecule has 1 aliphatic rings. The Labute approximate surface area is 250 Å². The number of rotatable bonds is 11. The maximum Gasteiger partial charge on any atom is 0.356 e. The van der Waals surface area contributed by atoms with Crippen LogP contribution in [0.2, 0.25) is 0 Å². The molecule has 1 unspecified atom stereocenters. The van der Waals surface area contributed by atoms with E-state index in [-0.39, 0.29) is 28.9 Å². The number of para-hydroxylation sites is 1. The zero-order chi connectivity index (χ0) is 30.3. The lowest BCUT2D eigenvalue weighted by Crippen LogP contribution is -2.25. The third-order valence-electron chi connectivity index (χ3n) is 7.95. The van der Waals surface area contributed by atoms with Crippen LogP contribution in [0.3, 0.4) is 0 Å². The number of hydrogen-bond donors (Lipinski definition) is 3. The summed E-state index contributed by atoms with van der Waals surface area (Å²) in [6.45, 7) is 2.04. The van der Waals surface area contributed by atoms with Gasteiger partial charge < -0.3 is 20.5 Å². The van der Waals surface area contributed by atoms with E-state index in [0.29, 0.717) is 35.1 Å². The van der Waals surface area contributed by atoms with E-state index >= 15 is 0 Å². The molecule has 0 bridgehead atoms. The predicted molar refractivity (Wildman–Crippen MR) is 168 cm³/mol. The second-order valence-corrected chi connectivity index (χ2v) is 11.0. The van der Waals surface area contributed by atoms with Gasteiger partial charge in [0.05, 0.1) is 12.5 Å². The van der Waals surface area contributed by atoms with Gasteiger partial charge in [0.15, 0.2) is 5.65 Å². The summed E-state index contributed by atoms with van der Waals surface area (Å²) >= 11 is 0. The molecule has 224 valence electrons. The van der Waals surface area contributed by atoms with Crippen LogP contribution in [0.25, 0.3) is 16.7 Å². The molecule has 1 saturated carbocycles. The molecule has 43 heavy (non-hydrogen) atoms. The number of fused-ring (bicyclic) bond motifs is 1. The van der Waals surface area contributed by atoms with Crippen LogP contribution in [0.15, 0.2) is 65.6 Å². The summed E-state index contributed by atoms with van der Waals surface area (Å²) in [5, 5.41) is 17.1. The van der Waals surface area contributed by atoms with Crippen molar-refractivity contribution < 1.29 is 14.6 Å². The topological polar surface area (TPSA) is 131 Å². The highest BCUT2D eigenvalue weighted by atomic mass is 16.5. The number of methoxy groups -OCH3 is 1. The molecule has 1 aliphatic carbocycles. The number of allylic oxidation sites excluding steroid dienone is 1. The van der Waals surface area contributed by atoms with E-state index in [4.69, 9.17) is 4.74 Å². The lowest BCUT2D eigenvalue weighted by molar-refractivity contribution is -0.115. The van der Waals surface area contributed by atoms with Gasteiger partial charge in [-0.1, -0.05) is 50.1 Å². The van der Waals surface area contributed by atoms with Crippen LogP contribution in [0.1, 0.15) is 62.8 Å². The van der Waals surface area contributed by atoms with Gasteiger partial charge >= 0.3 is 5.69 Å². The molecule has 10 heteroatoms. The minimum absolute atomic E-state index is 0.0103. The quantitative estimate of drug-likeness (QED) is 0.191. The highest BCUT2D eigenvalue weighted by Gasteiger charge is 2.21. The fourth-order valence-corrected chi connectivity index (χ4v) is 5.63. The van der Waals surface area contributed by atoms with E-state index in [2.05, 4.69) is 31.7 Å². The average molecular weight is 583 g/mol. The third kappa shape index (κ3) is 6.85. The Morgan fingerprint density at radius 1 is 1.19 bits per heavy atom. The highest BCUT2D eigenvalue weighted by molar-refractivity contribution is 5.91. The molecule has 4 aromatic rings. The molecule has 3 N–H and O–H groups in total. The lowest BCUT2D eigenvalue weighted by Gasteiger charge is -2.18. The van der Waals surface area contributed by atoms with Crippen molar-refractivity contribution in [3.05, 3.63) is 82.7 Å². The van der Waals surface area contributed by atoms with E-state index in [1.807, 2.05) is 37.3 Å². The molecule has 1 fully saturated rings. The number of aryl methyl sites for hydroxylation is 1. The zero-order valence-corrected chi connectivity index (χ0v) is 24.8.